The SMILES string of the molecule is COc1cc(C)sc1C(=O)N1CCCC(C(C)N)C1.Cl. The van der Waals surface area contributed by atoms with Gasteiger partial charge in [-0.2, -0.15) is 0 Å². The van der Waals surface area contributed by atoms with Crippen molar-refractivity contribution in [2.45, 2.75) is 32.7 Å². The Labute approximate surface area is 130 Å². The van der Waals surface area contributed by atoms with Crippen molar-refractivity contribution in [2.75, 3.05) is 20.2 Å². The van der Waals surface area contributed by atoms with Crippen LogP contribution in [0.4, 0.5) is 0 Å². The third-order valence-electron chi connectivity index (χ3n) is 3.72. The number of rotatable bonds is 3. The summed E-state index contributed by atoms with van der Waals surface area (Å²) in [6, 6.07) is 2.06. The lowest BCUT2D eigenvalue weighted by Gasteiger charge is -2.34. The third kappa shape index (κ3) is 3.65. The van der Waals surface area contributed by atoms with Crippen LogP contribution in [0.3, 0.4) is 0 Å². The lowest BCUT2D eigenvalue weighted by atomic mass is 9.92. The second kappa shape index (κ2) is 7.29. The molecule has 0 radical (unpaired) electrons. The summed E-state index contributed by atoms with van der Waals surface area (Å²) < 4.78 is 5.29. The van der Waals surface area contributed by atoms with Gasteiger partial charge in [0.25, 0.3) is 5.91 Å². The minimum Gasteiger partial charge on any atom is -0.495 e. The minimum atomic E-state index is 0. The molecule has 114 valence electrons. The van der Waals surface area contributed by atoms with Crippen LogP contribution in [-0.4, -0.2) is 37.0 Å². The van der Waals surface area contributed by atoms with Crippen LogP contribution >= 0.6 is 23.7 Å². The summed E-state index contributed by atoms with van der Waals surface area (Å²) in [5.74, 6) is 1.18. The van der Waals surface area contributed by atoms with E-state index in [1.807, 2.05) is 24.8 Å². The highest BCUT2D eigenvalue weighted by Crippen LogP contribution is 2.31. The quantitative estimate of drug-likeness (QED) is 0.932. The number of carbonyl (C=O) groups is 1. The van der Waals surface area contributed by atoms with Gasteiger partial charge in [0.1, 0.15) is 10.6 Å². The number of amides is 1. The monoisotopic (exact) mass is 318 g/mol. The van der Waals surface area contributed by atoms with Crippen LogP contribution in [-0.2, 0) is 0 Å². The van der Waals surface area contributed by atoms with Crippen LogP contribution < -0.4 is 10.5 Å². The summed E-state index contributed by atoms with van der Waals surface area (Å²) >= 11 is 1.50. The molecule has 0 aromatic carbocycles. The molecule has 2 N–H and O–H groups in total. The first-order valence-corrected chi connectivity index (χ1v) is 7.54. The molecule has 1 aliphatic heterocycles. The van der Waals surface area contributed by atoms with Crippen molar-refractivity contribution in [3.63, 3.8) is 0 Å². The molecule has 2 atom stereocenters. The Balaban J connectivity index is 0.00000200. The van der Waals surface area contributed by atoms with E-state index in [2.05, 4.69) is 0 Å². The number of halogens is 1. The first kappa shape index (κ1) is 17.3. The van der Waals surface area contributed by atoms with E-state index in [9.17, 15) is 4.79 Å². The number of carbonyl (C=O) groups excluding carboxylic acids is 1. The fourth-order valence-electron chi connectivity index (χ4n) is 2.56. The highest BCUT2D eigenvalue weighted by Gasteiger charge is 2.28. The Hall–Kier alpha value is -0.780. The molecule has 1 saturated heterocycles. The number of piperidine rings is 1. The Morgan fingerprint density at radius 1 is 1.60 bits per heavy atom. The summed E-state index contributed by atoms with van der Waals surface area (Å²) in [7, 11) is 1.61. The Kier molecular flexibility index (Phi) is 6.30. The van der Waals surface area contributed by atoms with Gasteiger partial charge in [-0.25, -0.2) is 0 Å². The predicted molar refractivity (Wildman–Crippen MR) is 85.1 cm³/mol. The maximum absolute atomic E-state index is 12.6. The van der Waals surface area contributed by atoms with E-state index >= 15 is 0 Å². The molecule has 2 unspecified atom stereocenters. The van der Waals surface area contributed by atoms with Crippen molar-refractivity contribution in [3.05, 3.63) is 15.8 Å². The van der Waals surface area contributed by atoms with Crippen molar-refractivity contribution in [1.29, 1.82) is 0 Å². The molecule has 1 aromatic rings. The van der Waals surface area contributed by atoms with E-state index in [0.29, 0.717) is 16.5 Å². The van der Waals surface area contributed by atoms with Gasteiger partial charge in [0.05, 0.1) is 7.11 Å². The zero-order valence-corrected chi connectivity index (χ0v) is 13.9. The van der Waals surface area contributed by atoms with Crippen molar-refractivity contribution in [3.8, 4) is 5.75 Å². The first-order chi connectivity index (χ1) is 9.02. The molecule has 1 amide bonds. The molecule has 0 spiro atoms. The molecule has 0 saturated carbocycles. The smallest absolute Gasteiger partial charge is 0.267 e. The summed E-state index contributed by atoms with van der Waals surface area (Å²) in [5, 5.41) is 0. The van der Waals surface area contributed by atoms with E-state index in [4.69, 9.17) is 10.5 Å². The van der Waals surface area contributed by atoms with Crippen LogP contribution in [0, 0.1) is 12.8 Å². The van der Waals surface area contributed by atoms with Crippen LogP contribution in [0.25, 0.3) is 0 Å². The maximum atomic E-state index is 12.6. The van der Waals surface area contributed by atoms with Gasteiger partial charge in [-0.05, 0) is 38.7 Å². The predicted octanol–water partition coefficient (Wildman–Crippen LogP) is 2.69. The van der Waals surface area contributed by atoms with Crippen molar-refractivity contribution in [1.82, 2.24) is 4.90 Å². The lowest BCUT2D eigenvalue weighted by molar-refractivity contribution is 0.0663. The van der Waals surface area contributed by atoms with Crippen LogP contribution in [0.1, 0.15) is 34.3 Å². The van der Waals surface area contributed by atoms with Gasteiger partial charge in [-0.1, -0.05) is 0 Å². The molecule has 1 aromatic heterocycles. The number of nitrogens with zero attached hydrogens (tertiary/aromatic N) is 1. The second-order valence-electron chi connectivity index (χ2n) is 5.27. The molecule has 1 aliphatic rings. The molecule has 0 aliphatic carbocycles. The van der Waals surface area contributed by atoms with E-state index in [1.54, 1.807) is 7.11 Å². The average Bonchev–Trinajstić information content (AvgIpc) is 2.79. The Bertz CT molecular complexity index is 462. The molecule has 0 bridgehead atoms. The van der Waals surface area contributed by atoms with E-state index in [-0.39, 0.29) is 24.4 Å². The Morgan fingerprint density at radius 3 is 2.90 bits per heavy atom. The average molecular weight is 319 g/mol. The van der Waals surface area contributed by atoms with Gasteiger partial charge in [0.15, 0.2) is 0 Å². The van der Waals surface area contributed by atoms with Crippen LogP contribution in [0.2, 0.25) is 0 Å². The number of methoxy groups -OCH3 is 1. The summed E-state index contributed by atoms with van der Waals surface area (Å²) in [6.45, 7) is 5.60. The molecule has 2 heterocycles. The molecule has 20 heavy (non-hydrogen) atoms. The van der Waals surface area contributed by atoms with Crippen molar-refractivity contribution in [2.24, 2.45) is 11.7 Å². The highest BCUT2D eigenvalue weighted by molar-refractivity contribution is 7.14. The molecule has 6 heteroatoms. The number of thiophene rings is 1. The number of hydrogen-bond acceptors (Lipinski definition) is 4. The topological polar surface area (TPSA) is 55.6 Å². The minimum absolute atomic E-state index is 0. The van der Waals surface area contributed by atoms with Crippen LogP contribution in [0.5, 0.6) is 5.75 Å². The third-order valence-corrected chi connectivity index (χ3v) is 4.74. The second-order valence-corrected chi connectivity index (χ2v) is 6.52. The van der Waals surface area contributed by atoms with E-state index < -0.39 is 0 Å². The normalized spacial score (nSPS) is 20.2. The van der Waals surface area contributed by atoms with Crippen LogP contribution in [0.15, 0.2) is 6.07 Å². The standard InChI is InChI=1S/C14H22N2O2S.ClH/c1-9-7-12(18-3)13(19-9)14(17)16-6-4-5-11(8-16)10(2)15;/h7,10-11H,4-6,8,15H2,1-3H3;1H. The first-order valence-electron chi connectivity index (χ1n) is 6.72. The maximum Gasteiger partial charge on any atom is 0.267 e. The number of likely N-dealkylation sites (tertiary alicyclic amines) is 1. The lowest BCUT2D eigenvalue weighted by Crippen LogP contribution is -2.44. The number of nitrogens with two attached hydrogens (primary N) is 1. The van der Waals surface area contributed by atoms with Gasteiger partial charge in [0.2, 0.25) is 0 Å². The zero-order chi connectivity index (χ0) is 14.0. The summed E-state index contributed by atoms with van der Waals surface area (Å²) in [6.07, 6.45) is 2.15. The largest absolute Gasteiger partial charge is 0.495 e. The van der Waals surface area contributed by atoms with Gasteiger partial charge in [0, 0.05) is 24.0 Å². The molecular formula is C14H23ClN2O2S. The fraction of sp³-hybridized carbons (Fsp3) is 0.643. The summed E-state index contributed by atoms with van der Waals surface area (Å²) in [4.78, 5) is 16.3. The molecule has 2 rings (SSSR count). The zero-order valence-electron chi connectivity index (χ0n) is 12.2. The van der Waals surface area contributed by atoms with Crippen molar-refractivity contribution < 1.29 is 9.53 Å². The van der Waals surface area contributed by atoms with Gasteiger partial charge >= 0.3 is 0 Å². The number of ether oxygens (including phenoxy) is 1. The summed E-state index contributed by atoms with van der Waals surface area (Å²) in [5.41, 5.74) is 5.97. The highest BCUT2D eigenvalue weighted by atomic mass is 35.5. The van der Waals surface area contributed by atoms with E-state index in [0.717, 1.165) is 30.8 Å². The number of hydrogen-bond donors (Lipinski definition) is 1. The number of aryl methyl sites for hydroxylation is 1. The van der Waals surface area contributed by atoms with Gasteiger partial charge in [-0.3, -0.25) is 4.79 Å². The van der Waals surface area contributed by atoms with Crippen molar-refractivity contribution >= 4 is 29.7 Å². The molecule has 1 fully saturated rings. The fourth-order valence-corrected chi connectivity index (χ4v) is 3.51. The van der Waals surface area contributed by atoms with Gasteiger partial charge < -0.3 is 15.4 Å². The van der Waals surface area contributed by atoms with E-state index in [1.165, 1.54) is 11.3 Å². The Morgan fingerprint density at radius 2 is 2.30 bits per heavy atom. The molecular weight excluding hydrogens is 296 g/mol. The molecule has 4 nitrogen and oxygen atoms in total. The van der Waals surface area contributed by atoms with Gasteiger partial charge in [-0.15, -0.1) is 23.7 Å².